The molecule has 7 heteroatoms. The van der Waals surface area contributed by atoms with E-state index in [-0.39, 0.29) is 0 Å². The molecule has 0 bridgehead atoms. The van der Waals surface area contributed by atoms with Crippen molar-refractivity contribution in [2.24, 2.45) is 5.92 Å². The fraction of sp³-hybridized carbons (Fsp3) is 0.444. The molecular weight excluding hydrogens is 376 g/mol. The van der Waals surface area contributed by atoms with Gasteiger partial charge >= 0.3 is 0 Å². The number of hydrogen-bond acceptors (Lipinski definition) is 4. The maximum absolute atomic E-state index is 12.4. The summed E-state index contributed by atoms with van der Waals surface area (Å²) in [6, 6.07) is 11.0. The normalized spacial score (nSPS) is 19.2. The van der Waals surface area contributed by atoms with Gasteiger partial charge in [0, 0.05) is 24.5 Å². The van der Waals surface area contributed by atoms with Gasteiger partial charge in [0.05, 0.1) is 9.23 Å². The van der Waals surface area contributed by atoms with Crippen LogP contribution in [0.25, 0.3) is 0 Å². The summed E-state index contributed by atoms with van der Waals surface area (Å²) < 4.78 is 28.4. The summed E-state index contributed by atoms with van der Waals surface area (Å²) in [5.41, 5.74) is 1.05. The molecule has 3 rings (SSSR count). The smallest absolute Gasteiger partial charge is 0.240 e. The van der Waals surface area contributed by atoms with Crippen LogP contribution in [0.1, 0.15) is 23.3 Å². The number of nitrogens with one attached hydrogen (secondary N) is 1. The predicted molar refractivity (Wildman–Crippen MR) is 104 cm³/mol. The van der Waals surface area contributed by atoms with Gasteiger partial charge in [-0.2, -0.15) is 0 Å². The topological polar surface area (TPSA) is 49.4 Å². The zero-order valence-corrected chi connectivity index (χ0v) is 16.6. The molecule has 2 aromatic rings. The highest BCUT2D eigenvalue weighted by Crippen LogP contribution is 2.25. The number of benzene rings is 1. The lowest BCUT2D eigenvalue weighted by Crippen LogP contribution is -2.40. The van der Waals surface area contributed by atoms with Crippen LogP contribution < -0.4 is 4.72 Å². The van der Waals surface area contributed by atoms with Crippen LogP contribution in [0.2, 0.25) is 4.34 Å². The standard InChI is InChI=1S/C18H23ClN2O2S2/c1-14-4-7-17(8-5-14)25(22,23)20-11-15-3-2-10-21(12-15)13-16-6-9-18(19)24-16/h4-9,15,20H,2-3,10-13H2,1H3. The molecule has 0 spiro atoms. The molecule has 4 nitrogen and oxygen atoms in total. The van der Waals surface area contributed by atoms with Gasteiger partial charge in [0.15, 0.2) is 0 Å². The van der Waals surface area contributed by atoms with Crippen molar-refractivity contribution in [1.29, 1.82) is 0 Å². The Morgan fingerprint density at radius 3 is 2.68 bits per heavy atom. The molecule has 1 aliphatic rings. The third-order valence-corrected chi connectivity index (χ3v) is 7.16. The first kappa shape index (κ1) is 18.9. The molecule has 1 saturated heterocycles. The molecule has 0 amide bonds. The second-order valence-electron chi connectivity index (χ2n) is 6.61. The molecular formula is C18H23ClN2O2S2. The molecule has 0 aliphatic carbocycles. The molecule has 1 unspecified atom stereocenters. The monoisotopic (exact) mass is 398 g/mol. The van der Waals surface area contributed by atoms with Crippen LogP contribution in [0.5, 0.6) is 0 Å². The fourth-order valence-corrected chi connectivity index (χ4v) is 5.39. The Balaban J connectivity index is 1.54. The molecule has 1 aromatic heterocycles. The highest BCUT2D eigenvalue weighted by Gasteiger charge is 2.23. The van der Waals surface area contributed by atoms with E-state index in [0.717, 1.165) is 42.4 Å². The van der Waals surface area contributed by atoms with Crippen molar-refractivity contribution in [3.63, 3.8) is 0 Å². The Morgan fingerprint density at radius 1 is 1.24 bits per heavy atom. The van der Waals surface area contributed by atoms with Crippen molar-refractivity contribution in [1.82, 2.24) is 9.62 Å². The van der Waals surface area contributed by atoms with Gasteiger partial charge in [0.25, 0.3) is 0 Å². The van der Waals surface area contributed by atoms with E-state index >= 15 is 0 Å². The molecule has 0 radical (unpaired) electrons. The Kier molecular flexibility index (Phi) is 6.17. The number of thiophene rings is 1. The summed E-state index contributed by atoms with van der Waals surface area (Å²) in [4.78, 5) is 3.97. The average Bonchev–Trinajstić information content (AvgIpc) is 2.99. The molecule has 1 N–H and O–H groups in total. The lowest BCUT2D eigenvalue weighted by Gasteiger charge is -2.32. The minimum absolute atomic E-state index is 0.332. The van der Waals surface area contributed by atoms with Gasteiger partial charge in [-0.15, -0.1) is 11.3 Å². The summed E-state index contributed by atoms with van der Waals surface area (Å²) in [5.74, 6) is 0.337. The lowest BCUT2D eigenvalue weighted by molar-refractivity contribution is 0.170. The van der Waals surface area contributed by atoms with E-state index in [1.54, 1.807) is 23.5 Å². The molecule has 0 saturated carbocycles. The molecule has 1 aliphatic heterocycles. The van der Waals surface area contributed by atoms with Crippen molar-refractivity contribution in [3.05, 3.63) is 51.2 Å². The Bertz CT molecular complexity index is 803. The van der Waals surface area contributed by atoms with Gasteiger partial charge in [-0.05, 0) is 56.5 Å². The number of sulfonamides is 1. The number of piperidine rings is 1. The zero-order chi connectivity index (χ0) is 17.9. The van der Waals surface area contributed by atoms with E-state index in [2.05, 4.69) is 15.7 Å². The summed E-state index contributed by atoms with van der Waals surface area (Å²) >= 11 is 7.61. The van der Waals surface area contributed by atoms with Crippen molar-refractivity contribution < 1.29 is 8.42 Å². The van der Waals surface area contributed by atoms with Crippen LogP contribution in [0, 0.1) is 12.8 Å². The minimum atomic E-state index is -3.43. The number of halogens is 1. The minimum Gasteiger partial charge on any atom is -0.298 e. The maximum atomic E-state index is 12.4. The van der Waals surface area contributed by atoms with Crippen LogP contribution in [0.15, 0.2) is 41.3 Å². The number of hydrogen-bond donors (Lipinski definition) is 1. The molecule has 1 aromatic carbocycles. The van der Waals surface area contributed by atoms with Gasteiger partial charge < -0.3 is 0 Å². The summed E-state index contributed by atoms with van der Waals surface area (Å²) in [5, 5.41) is 0. The highest BCUT2D eigenvalue weighted by molar-refractivity contribution is 7.89. The van der Waals surface area contributed by atoms with Crippen molar-refractivity contribution in [3.8, 4) is 0 Å². The largest absolute Gasteiger partial charge is 0.298 e. The molecule has 25 heavy (non-hydrogen) atoms. The van der Waals surface area contributed by atoms with Crippen LogP contribution in [0.3, 0.4) is 0 Å². The van der Waals surface area contributed by atoms with Crippen molar-refractivity contribution >= 4 is 33.0 Å². The Hall–Kier alpha value is -0.920. The third kappa shape index (κ3) is 5.28. The van der Waals surface area contributed by atoms with E-state index < -0.39 is 10.0 Å². The molecule has 1 fully saturated rings. The summed E-state index contributed by atoms with van der Waals surface area (Å²) in [6.07, 6.45) is 2.15. The average molecular weight is 399 g/mol. The van der Waals surface area contributed by atoms with Gasteiger partial charge in [-0.25, -0.2) is 13.1 Å². The Morgan fingerprint density at radius 2 is 2.00 bits per heavy atom. The number of rotatable bonds is 6. The van der Waals surface area contributed by atoms with Crippen LogP contribution in [0.4, 0.5) is 0 Å². The highest BCUT2D eigenvalue weighted by atomic mass is 35.5. The number of nitrogens with zero attached hydrogens (tertiary/aromatic N) is 1. The zero-order valence-electron chi connectivity index (χ0n) is 14.2. The van der Waals surface area contributed by atoms with E-state index in [1.807, 2.05) is 25.1 Å². The Labute approximate surface area is 158 Å². The van der Waals surface area contributed by atoms with E-state index in [0.29, 0.717) is 17.4 Å². The van der Waals surface area contributed by atoms with Crippen LogP contribution in [-0.2, 0) is 16.6 Å². The number of aryl methyl sites for hydroxylation is 1. The molecule has 2 heterocycles. The first-order valence-corrected chi connectivity index (χ1v) is 11.1. The maximum Gasteiger partial charge on any atom is 0.240 e. The lowest BCUT2D eigenvalue weighted by atomic mass is 9.98. The second kappa shape index (κ2) is 8.18. The first-order chi connectivity index (χ1) is 11.9. The number of likely N-dealkylation sites (tertiary alicyclic amines) is 1. The van der Waals surface area contributed by atoms with Crippen LogP contribution >= 0.6 is 22.9 Å². The van der Waals surface area contributed by atoms with Gasteiger partial charge in [0.2, 0.25) is 10.0 Å². The summed E-state index contributed by atoms with van der Waals surface area (Å²) in [6.45, 7) is 5.28. The SMILES string of the molecule is Cc1ccc(S(=O)(=O)NCC2CCCN(Cc3ccc(Cl)s3)C2)cc1. The van der Waals surface area contributed by atoms with Gasteiger partial charge in [0.1, 0.15) is 0 Å². The second-order valence-corrected chi connectivity index (χ2v) is 10.2. The van der Waals surface area contributed by atoms with Gasteiger partial charge in [-0.1, -0.05) is 29.3 Å². The van der Waals surface area contributed by atoms with Crippen molar-refractivity contribution in [2.75, 3.05) is 19.6 Å². The first-order valence-electron chi connectivity index (χ1n) is 8.45. The third-order valence-electron chi connectivity index (χ3n) is 4.50. The molecule has 1 atom stereocenters. The fourth-order valence-electron chi connectivity index (χ4n) is 3.15. The summed E-state index contributed by atoms with van der Waals surface area (Å²) in [7, 11) is -3.43. The van der Waals surface area contributed by atoms with Gasteiger partial charge in [-0.3, -0.25) is 4.90 Å². The van der Waals surface area contributed by atoms with Crippen molar-refractivity contribution in [2.45, 2.75) is 31.2 Å². The quantitative estimate of drug-likeness (QED) is 0.802. The van der Waals surface area contributed by atoms with E-state index in [4.69, 9.17) is 11.6 Å². The van der Waals surface area contributed by atoms with E-state index in [9.17, 15) is 8.42 Å². The van der Waals surface area contributed by atoms with E-state index in [1.165, 1.54) is 4.88 Å². The predicted octanol–water partition coefficient (Wildman–Crippen LogP) is 3.90. The van der Waals surface area contributed by atoms with Crippen LogP contribution in [-0.4, -0.2) is 33.0 Å². The molecule has 136 valence electrons.